The second-order valence-corrected chi connectivity index (χ2v) is 3.43. The van der Waals surface area contributed by atoms with Gasteiger partial charge < -0.3 is 18.7 Å². The monoisotopic (exact) mass is 174 g/mol. The van der Waals surface area contributed by atoms with Gasteiger partial charge in [-0.05, 0) is 0 Å². The van der Waals surface area contributed by atoms with E-state index in [0.717, 1.165) is 14.2 Å². The smallest absolute Gasteiger partial charge is 0.778 e. The van der Waals surface area contributed by atoms with Gasteiger partial charge in [-0.3, -0.25) is 4.79 Å². The van der Waals surface area contributed by atoms with E-state index in [2.05, 4.69) is 9.26 Å². The number of hydrogen-bond donors (Lipinski definition) is 0. The molecule has 0 aromatic heterocycles. The summed E-state index contributed by atoms with van der Waals surface area (Å²) in [6.07, 6.45) is -0.708. The molecule has 0 heterocycles. The zero-order chi connectivity index (χ0) is 8.20. The quantitative estimate of drug-likeness (QED) is 0.250. The number of ether oxygens (including phenoxy) is 1. The fourth-order valence-electron chi connectivity index (χ4n) is 0.287. The maximum Gasteiger partial charge on any atom is 1.00 e. The molecular weight excluding hydrogens is 166 g/mol. The molecule has 1 unspecified atom stereocenters. The van der Waals surface area contributed by atoms with Crippen molar-refractivity contribution in [3.8, 4) is 0 Å². The normalized spacial score (nSPS) is 14.5. The Hall–Kier alpha value is 0.217. The van der Waals surface area contributed by atoms with Gasteiger partial charge in [0.05, 0.1) is 7.11 Å². The van der Waals surface area contributed by atoms with Crippen LogP contribution < -0.4 is 23.8 Å². The maximum atomic E-state index is 10.5. The molecule has 0 spiro atoms. The molecule has 0 fully saturated rings. The Morgan fingerprint density at radius 1 is 1.55 bits per heavy atom. The van der Waals surface area contributed by atoms with E-state index >= 15 is 0 Å². The van der Waals surface area contributed by atoms with E-state index in [0.29, 0.717) is 0 Å². The van der Waals surface area contributed by atoms with E-state index in [9.17, 15) is 14.3 Å². The summed E-state index contributed by atoms with van der Waals surface area (Å²) >= 11 is 0. The topological polar surface area (TPSA) is 75.7 Å². The Morgan fingerprint density at radius 3 is 2.27 bits per heavy atom. The summed E-state index contributed by atoms with van der Waals surface area (Å²) in [4.78, 5) is 20.8. The molecule has 5 nitrogen and oxygen atoms in total. The summed E-state index contributed by atoms with van der Waals surface area (Å²) in [6.45, 7) is 0. The number of hydrogen-bond acceptors (Lipinski definition) is 5. The van der Waals surface area contributed by atoms with Crippen LogP contribution in [0.2, 0.25) is 0 Å². The van der Waals surface area contributed by atoms with Crippen LogP contribution in [0, 0.1) is 0 Å². The van der Waals surface area contributed by atoms with Gasteiger partial charge in [-0.2, -0.15) is 0 Å². The van der Waals surface area contributed by atoms with Gasteiger partial charge in [0.15, 0.2) is 0 Å². The third-order valence-electron chi connectivity index (χ3n) is 0.829. The fourth-order valence-corrected chi connectivity index (χ4v) is 0.862. The Bertz CT molecular complexity index is 170. The number of carbonyl (C=O) groups excluding carboxylic acids is 1. The van der Waals surface area contributed by atoms with Crippen molar-refractivity contribution in [1.82, 2.24) is 0 Å². The largest absolute Gasteiger partial charge is 1.00 e. The second-order valence-electron chi connectivity index (χ2n) is 1.53. The summed E-state index contributed by atoms with van der Waals surface area (Å²) in [7, 11) is -1.86. The summed E-state index contributed by atoms with van der Waals surface area (Å²) in [6, 6.07) is 0. The van der Waals surface area contributed by atoms with Crippen LogP contribution in [0.15, 0.2) is 0 Å². The minimum atomic E-state index is -3.97. The van der Waals surface area contributed by atoms with Crippen LogP contribution in [-0.2, 0) is 18.6 Å². The maximum absolute atomic E-state index is 10.5. The minimum absolute atomic E-state index is 0. The first-order chi connectivity index (χ1) is 4.52. The molecule has 0 aromatic rings. The molecule has 0 bridgehead atoms. The van der Waals surface area contributed by atoms with Gasteiger partial charge in [0.1, 0.15) is 13.8 Å². The van der Waals surface area contributed by atoms with Crippen LogP contribution in [0.1, 0.15) is 0 Å². The van der Waals surface area contributed by atoms with Gasteiger partial charge in [-0.1, -0.05) is 0 Å². The number of rotatable bonds is 3. The molecule has 11 heavy (non-hydrogen) atoms. The summed E-state index contributed by atoms with van der Waals surface area (Å²) in [5, 5.41) is 0. The van der Waals surface area contributed by atoms with Crippen molar-refractivity contribution in [1.29, 1.82) is 0 Å². The zero-order valence-electron chi connectivity index (χ0n) is 6.70. The molecule has 0 rings (SSSR count). The molecule has 0 saturated carbocycles. The van der Waals surface area contributed by atoms with Crippen LogP contribution in [0.4, 0.5) is 0 Å². The zero-order valence-corrected chi connectivity index (χ0v) is 7.59. The molecule has 0 amide bonds. The molecule has 60 valence electrons. The first-order valence-corrected chi connectivity index (χ1v) is 4.17. The van der Waals surface area contributed by atoms with E-state index in [1.807, 2.05) is 0 Å². The molecule has 1 atom stereocenters. The molecule has 0 aliphatic heterocycles. The molecule has 0 N–H and O–H groups in total. The van der Waals surface area contributed by atoms with E-state index < -0.39 is 19.7 Å². The Labute approximate surface area is 76.8 Å². The summed E-state index contributed by atoms with van der Waals surface area (Å²) < 4.78 is 18.6. The Balaban J connectivity index is 0. The van der Waals surface area contributed by atoms with Gasteiger partial charge in [-0.15, -0.1) is 0 Å². The summed E-state index contributed by atoms with van der Waals surface area (Å²) in [5.41, 5.74) is 0. The van der Waals surface area contributed by atoms with Crippen molar-refractivity contribution in [2.45, 2.75) is 0 Å². The summed E-state index contributed by atoms with van der Waals surface area (Å²) in [5.74, 6) is -0.819. The number of esters is 1. The SMILES string of the molecule is COC(=O)CP(=O)([O-])OC.[Li+]. The predicted molar refractivity (Wildman–Crippen MR) is 31.5 cm³/mol. The standard InChI is InChI=1S/C4H9O5P.Li/c1-8-4(5)3-10(6,7)9-2;/h3H2,1-2H3,(H,6,7);/q;+1/p-1. The van der Waals surface area contributed by atoms with Gasteiger partial charge in [0, 0.05) is 7.11 Å². The third kappa shape index (κ3) is 6.61. The van der Waals surface area contributed by atoms with Crippen molar-refractivity contribution in [3.05, 3.63) is 0 Å². The molecular formula is C4H8LiO5P. The fraction of sp³-hybridized carbons (Fsp3) is 0.750. The van der Waals surface area contributed by atoms with Gasteiger partial charge in [0.25, 0.3) is 0 Å². The first kappa shape index (κ1) is 13.8. The first-order valence-electron chi connectivity index (χ1n) is 2.44. The van der Waals surface area contributed by atoms with Gasteiger partial charge in [0.2, 0.25) is 0 Å². The van der Waals surface area contributed by atoms with Crippen LogP contribution >= 0.6 is 7.60 Å². The van der Waals surface area contributed by atoms with Crippen molar-refractivity contribution in [2.75, 3.05) is 20.4 Å². The molecule has 0 aromatic carbocycles. The molecule has 0 aliphatic rings. The van der Waals surface area contributed by atoms with E-state index in [4.69, 9.17) is 0 Å². The average molecular weight is 174 g/mol. The molecule has 0 aliphatic carbocycles. The predicted octanol–water partition coefficient (Wildman–Crippen LogP) is -3.64. The number of methoxy groups -OCH3 is 1. The van der Waals surface area contributed by atoms with Gasteiger partial charge in [-0.25, -0.2) is 0 Å². The van der Waals surface area contributed by atoms with E-state index in [1.54, 1.807) is 0 Å². The van der Waals surface area contributed by atoms with Crippen LogP contribution in [0.3, 0.4) is 0 Å². The second kappa shape index (κ2) is 5.82. The number of carbonyl (C=O) groups is 1. The van der Waals surface area contributed by atoms with E-state index in [-0.39, 0.29) is 18.9 Å². The molecule has 0 saturated heterocycles. The average Bonchev–Trinajstić information content (AvgIpc) is 1.87. The van der Waals surface area contributed by atoms with E-state index in [1.165, 1.54) is 0 Å². The van der Waals surface area contributed by atoms with Gasteiger partial charge >= 0.3 is 24.8 Å². The van der Waals surface area contributed by atoms with Crippen LogP contribution in [-0.4, -0.2) is 26.4 Å². The molecule has 0 radical (unpaired) electrons. The van der Waals surface area contributed by atoms with Crippen LogP contribution in [0.5, 0.6) is 0 Å². The third-order valence-corrected chi connectivity index (χ3v) is 2.03. The van der Waals surface area contributed by atoms with Crippen molar-refractivity contribution < 1.29 is 42.4 Å². The van der Waals surface area contributed by atoms with Crippen molar-refractivity contribution in [2.24, 2.45) is 0 Å². The van der Waals surface area contributed by atoms with Crippen molar-refractivity contribution >= 4 is 13.6 Å². The minimum Gasteiger partial charge on any atom is -0.778 e. The Morgan fingerprint density at radius 2 is 2.00 bits per heavy atom. The van der Waals surface area contributed by atoms with Crippen LogP contribution in [0.25, 0.3) is 0 Å². The van der Waals surface area contributed by atoms with Crippen molar-refractivity contribution in [3.63, 3.8) is 0 Å². The molecule has 7 heteroatoms. The Kier molecular flexibility index (Phi) is 7.29.